The average Bonchev–Trinajstić information content (AvgIpc) is 2.66. The van der Waals surface area contributed by atoms with Crippen LogP contribution in [0.1, 0.15) is 29.8 Å². The largest absolute Gasteiger partial charge is 0.346 e. The highest BCUT2D eigenvalue weighted by Crippen LogP contribution is 2.27. The molecule has 1 aromatic heterocycles. The highest BCUT2D eigenvalue weighted by atomic mass is 19.2. The van der Waals surface area contributed by atoms with Crippen molar-refractivity contribution in [2.24, 2.45) is 0 Å². The molecule has 0 spiro atoms. The van der Waals surface area contributed by atoms with E-state index in [0.717, 1.165) is 11.0 Å². The minimum Gasteiger partial charge on any atom is -0.346 e. The summed E-state index contributed by atoms with van der Waals surface area (Å²) in [7, 11) is 0. The Labute approximate surface area is 153 Å². The number of rotatable bonds is 4. The molecule has 0 fully saturated rings. The van der Waals surface area contributed by atoms with Gasteiger partial charge < -0.3 is 15.5 Å². The van der Waals surface area contributed by atoms with Crippen molar-refractivity contribution in [2.45, 2.75) is 19.5 Å². The van der Waals surface area contributed by atoms with E-state index >= 15 is 0 Å². The number of benzene rings is 1. The summed E-state index contributed by atoms with van der Waals surface area (Å²) in [4.78, 5) is 29.5. The number of urea groups is 1. The lowest BCUT2D eigenvalue weighted by atomic mass is 10.1. The first kappa shape index (κ1) is 18.3. The van der Waals surface area contributed by atoms with Gasteiger partial charge in [0.15, 0.2) is 11.6 Å². The first-order chi connectivity index (χ1) is 12.9. The molecule has 7 nitrogen and oxygen atoms in total. The Bertz CT molecular complexity index is 940. The number of amides is 3. The fraction of sp³-hybridized carbons (Fsp3) is 0.222. The maximum Gasteiger partial charge on any atom is 0.322 e. The Balaban J connectivity index is 1.66. The summed E-state index contributed by atoms with van der Waals surface area (Å²) in [5, 5.41) is 13.9. The Hall–Kier alpha value is -3.54. The van der Waals surface area contributed by atoms with Crippen molar-refractivity contribution in [3.63, 3.8) is 0 Å². The smallest absolute Gasteiger partial charge is 0.322 e. The number of hydrogen-bond acceptors (Lipinski definition) is 4. The van der Waals surface area contributed by atoms with Crippen LogP contribution in [0.25, 0.3) is 0 Å². The van der Waals surface area contributed by atoms with Gasteiger partial charge in [-0.2, -0.15) is 5.26 Å². The lowest BCUT2D eigenvalue weighted by Crippen LogP contribution is -2.45. The Morgan fingerprint density at radius 2 is 2.19 bits per heavy atom. The third-order valence-corrected chi connectivity index (χ3v) is 4.14. The summed E-state index contributed by atoms with van der Waals surface area (Å²) >= 11 is 0. The number of aromatic nitrogens is 1. The van der Waals surface area contributed by atoms with Crippen LogP contribution < -0.4 is 10.6 Å². The molecule has 3 amide bonds. The van der Waals surface area contributed by atoms with Crippen LogP contribution in [0, 0.1) is 23.0 Å². The maximum absolute atomic E-state index is 13.9. The molecule has 138 valence electrons. The molecule has 0 radical (unpaired) electrons. The normalized spacial score (nSPS) is 14.0. The molecule has 1 aliphatic heterocycles. The molecule has 0 unspecified atom stereocenters. The quantitative estimate of drug-likeness (QED) is 0.863. The third kappa shape index (κ3) is 3.84. The molecule has 0 saturated carbocycles. The molecule has 9 heteroatoms. The second-order valence-corrected chi connectivity index (χ2v) is 6.05. The van der Waals surface area contributed by atoms with E-state index < -0.39 is 29.6 Å². The molecular weight excluding hydrogens is 356 g/mol. The number of nitrogens with one attached hydrogen (secondary N) is 2. The van der Waals surface area contributed by atoms with E-state index in [1.807, 2.05) is 6.07 Å². The van der Waals surface area contributed by atoms with Gasteiger partial charge in [0.2, 0.25) is 5.91 Å². The van der Waals surface area contributed by atoms with Crippen LogP contribution in [0.5, 0.6) is 0 Å². The van der Waals surface area contributed by atoms with Crippen LogP contribution in [0.2, 0.25) is 0 Å². The van der Waals surface area contributed by atoms with Crippen LogP contribution in [-0.2, 0) is 11.3 Å². The minimum atomic E-state index is -1.05. The number of carbonyl (C=O) groups is 2. The van der Waals surface area contributed by atoms with Crippen molar-refractivity contribution in [1.82, 2.24) is 15.2 Å². The molecule has 1 atom stereocenters. The predicted molar refractivity (Wildman–Crippen MR) is 91.3 cm³/mol. The van der Waals surface area contributed by atoms with Crippen LogP contribution >= 0.6 is 0 Å². The highest BCUT2D eigenvalue weighted by molar-refractivity contribution is 5.94. The number of pyridine rings is 1. The topological polar surface area (TPSA) is 98.1 Å². The van der Waals surface area contributed by atoms with E-state index in [2.05, 4.69) is 15.6 Å². The minimum absolute atomic E-state index is 0.00999. The number of carbonyl (C=O) groups excluding carboxylic acids is 2. The van der Waals surface area contributed by atoms with E-state index in [0.29, 0.717) is 11.3 Å². The summed E-state index contributed by atoms with van der Waals surface area (Å²) in [5.41, 5.74) is 1.12. The molecule has 2 heterocycles. The molecule has 2 aromatic rings. The van der Waals surface area contributed by atoms with E-state index in [1.54, 1.807) is 19.1 Å². The highest BCUT2D eigenvalue weighted by Gasteiger charge is 2.28. The van der Waals surface area contributed by atoms with Gasteiger partial charge in [0.05, 0.1) is 29.5 Å². The number of hydrogen-bond donors (Lipinski definition) is 2. The summed E-state index contributed by atoms with van der Waals surface area (Å²) < 4.78 is 27.3. The van der Waals surface area contributed by atoms with Gasteiger partial charge in [0.1, 0.15) is 12.6 Å². The van der Waals surface area contributed by atoms with E-state index in [9.17, 15) is 18.4 Å². The van der Waals surface area contributed by atoms with Gasteiger partial charge in [-0.05, 0) is 31.2 Å². The number of nitrogens with zero attached hydrogens (tertiary/aromatic N) is 3. The average molecular weight is 371 g/mol. The SMILES string of the molecule is C[C@H](NC(=O)CN1Cc2c(ccc(F)c2F)NC1=O)c1ccc(C#N)cn1. The lowest BCUT2D eigenvalue weighted by Gasteiger charge is -2.29. The summed E-state index contributed by atoms with van der Waals surface area (Å²) in [6.07, 6.45) is 1.39. The Kier molecular flexibility index (Phi) is 4.98. The molecule has 1 aromatic carbocycles. The Morgan fingerprint density at radius 1 is 1.41 bits per heavy atom. The molecular formula is C18H15F2N5O2. The maximum atomic E-state index is 13.9. The second kappa shape index (κ2) is 7.37. The van der Waals surface area contributed by atoms with Crippen molar-refractivity contribution in [1.29, 1.82) is 5.26 Å². The fourth-order valence-corrected chi connectivity index (χ4v) is 2.71. The number of anilines is 1. The van der Waals surface area contributed by atoms with E-state index in [-0.39, 0.29) is 24.3 Å². The third-order valence-electron chi connectivity index (χ3n) is 4.14. The molecule has 0 bridgehead atoms. The van der Waals surface area contributed by atoms with Crippen molar-refractivity contribution in [3.05, 3.63) is 58.9 Å². The molecule has 0 saturated heterocycles. The number of fused-ring (bicyclic) bond motifs is 1. The first-order valence-electron chi connectivity index (χ1n) is 8.07. The summed E-state index contributed by atoms with van der Waals surface area (Å²) in [5.74, 6) is -2.55. The van der Waals surface area contributed by atoms with Gasteiger partial charge in [-0.1, -0.05) is 0 Å². The van der Waals surface area contributed by atoms with Gasteiger partial charge in [-0.3, -0.25) is 9.78 Å². The number of halogens is 2. The molecule has 27 heavy (non-hydrogen) atoms. The summed E-state index contributed by atoms with van der Waals surface area (Å²) in [6, 6.07) is 6.33. The zero-order valence-corrected chi connectivity index (χ0v) is 14.3. The van der Waals surface area contributed by atoms with E-state index in [4.69, 9.17) is 5.26 Å². The zero-order valence-electron chi connectivity index (χ0n) is 14.3. The molecule has 1 aliphatic rings. The predicted octanol–water partition coefficient (Wildman–Crippen LogP) is 2.46. The van der Waals surface area contributed by atoms with Crippen molar-refractivity contribution in [2.75, 3.05) is 11.9 Å². The summed E-state index contributed by atoms with van der Waals surface area (Å²) in [6.45, 7) is 1.15. The van der Waals surface area contributed by atoms with Gasteiger partial charge >= 0.3 is 6.03 Å². The first-order valence-corrected chi connectivity index (χ1v) is 8.07. The van der Waals surface area contributed by atoms with E-state index in [1.165, 1.54) is 12.3 Å². The standard InChI is InChI=1S/C18H15F2N5O2/c1-10(14-4-2-11(6-21)7-22-14)23-16(26)9-25-8-12-15(24-18(25)27)5-3-13(19)17(12)20/h2-5,7,10H,8-9H2,1H3,(H,23,26)(H,24,27)/t10-/m0/s1. The van der Waals surface area contributed by atoms with Crippen LogP contribution in [-0.4, -0.2) is 28.4 Å². The second-order valence-electron chi connectivity index (χ2n) is 6.05. The lowest BCUT2D eigenvalue weighted by molar-refractivity contribution is -0.122. The zero-order chi connectivity index (χ0) is 19.6. The van der Waals surface area contributed by atoms with Gasteiger partial charge in [-0.15, -0.1) is 0 Å². The van der Waals surface area contributed by atoms with Crippen molar-refractivity contribution in [3.8, 4) is 6.07 Å². The van der Waals surface area contributed by atoms with Crippen LogP contribution in [0.3, 0.4) is 0 Å². The van der Waals surface area contributed by atoms with Gasteiger partial charge in [0, 0.05) is 11.8 Å². The van der Waals surface area contributed by atoms with Gasteiger partial charge in [0.25, 0.3) is 0 Å². The number of nitriles is 1. The van der Waals surface area contributed by atoms with Gasteiger partial charge in [-0.25, -0.2) is 13.6 Å². The molecule has 2 N–H and O–H groups in total. The molecule has 3 rings (SSSR count). The Morgan fingerprint density at radius 3 is 2.85 bits per heavy atom. The monoisotopic (exact) mass is 371 g/mol. The van der Waals surface area contributed by atoms with Crippen LogP contribution in [0.15, 0.2) is 30.5 Å². The fourth-order valence-electron chi connectivity index (χ4n) is 2.71. The van der Waals surface area contributed by atoms with Crippen LogP contribution in [0.4, 0.5) is 19.3 Å². The van der Waals surface area contributed by atoms with Crippen molar-refractivity contribution < 1.29 is 18.4 Å². The van der Waals surface area contributed by atoms with Crippen molar-refractivity contribution >= 4 is 17.6 Å². The molecule has 0 aliphatic carbocycles.